The Kier molecular flexibility index (Phi) is 5.74. The number of nitrogens with one attached hydrogen (secondary N) is 1. The summed E-state index contributed by atoms with van der Waals surface area (Å²) in [6, 6.07) is 13.1. The second-order valence-corrected chi connectivity index (χ2v) is 6.86. The first-order valence-corrected chi connectivity index (χ1v) is 9.63. The van der Waals surface area contributed by atoms with Gasteiger partial charge in [0.2, 0.25) is 0 Å². The van der Waals surface area contributed by atoms with Crippen LogP contribution in [0.1, 0.15) is 15.9 Å². The number of amides is 1. The molecule has 158 valence electrons. The van der Waals surface area contributed by atoms with Crippen LogP contribution in [0.2, 0.25) is 0 Å². The van der Waals surface area contributed by atoms with Gasteiger partial charge in [-0.1, -0.05) is 24.3 Å². The van der Waals surface area contributed by atoms with E-state index >= 15 is 0 Å². The Labute approximate surface area is 176 Å². The minimum Gasteiger partial charge on any atom is -0.497 e. The molecule has 0 unspecified atom stereocenters. The Bertz CT molecular complexity index is 1300. The molecule has 0 radical (unpaired) electrons. The lowest BCUT2D eigenvalue weighted by molar-refractivity contribution is 0.0951. The molecule has 0 atom stereocenters. The molecule has 4 rings (SSSR count). The van der Waals surface area contributed by atoms with E-state index < -0.39 is 0 Å². The van der Waals surface area contributed by atoms with Crippen molar-refractivity contribution < 1.29 is 13.9 Å². The van der Waals surface area contributed by atoms with E-state index in [1.54, 1.807) is 47.1 Å². The second-order valence-electron chi connectivity index (χ2n) is 6.86. The Morgan fingerprint density at radius 3 is 2.84 bits per heavy atom. The highest BCUT2D eigenvalue weighted by Gasteiger charge is 2.12. The molecule has 0 spiro atoms. The van der Waals surface area contributed by atoms with Crippen molar-refractivity contribution in [2.75, 3.05) is 13.7 Å². The second kappa shape index (κ2) is 8.78. The molecular formula is C22H20FN5O3. The molecule has 0 aliphatic carbocycles. The van der Waals surface area contributed by atoms with Crippen LogP contribution >= 0.6 is 0 Å². The molecule has 0 fully saturated rings. The number of hydrogen-bond donors (Lipinski definition) is 1. The quantitative estimate of drug-likeness (QED) is 0.494. The summed E-state index contributed by atoms with van der Waals surface area (Å²) in [5, 5.41) is 7.36. The fraction of sp³-hybridized carbons (Fsp3) is 0.182. The maximum Gasteiger partial charge on any atom is 0.264 e. The maximum atomic E-state index is 13.9. The lowest BCUT2D eigenvalue weighted by Crippen LogP contribution is -2.27. The molecule has 4 aromatic rings. The maximum absolute atomic E-state index is 13.9. The third-order valence-corrected chi connectivity index (χ3v) is 4.86. The van der Waals surface area contributed by atoms with Crippen LogP contribution in [0.3, 0.4) is 0 Å². The third kappa shape index (κ3) is 4.30. The Morgan fingerprint density at radius 1 is 1.19 bits per heavy atom. The van der Waals surface area contributed by atoms with Crippen LogP contribution in [0.25, 0.3) is 11.0 Å². The summed E-state index contributed by atoms with van der Waals surface area (Å²) >= 11 is 0. The lowest BCUT2D eigenvalue weighted by Gasteiger charge is -2.08. The van der Waals surface area contributed by atoms with Gasteiger partial charge in [-0.05, 0) is 24.3 Å². The van der Waals surface area contributed by atoms with E-state index in [1.807, 2.05) is 0 Å². The number of aromatic nitrogens is 4. The summed E-state index contributed by atoms with van der Waals surface area (Å²) in [5.74, 6) is -0.0193. The SMILES string of the molecule is COc1cccc(C(=O)NCCn2ncc3c(=O)n(Cc4ccccc4F)cnc32)c1. The first-order chi connectivity index (χ1) is 15.1. The van der Waals surface area contributed by atoms with Gasteiger partial charge in [-0.3, -0.25) is 14.2 Å². The third-order valence-electron chi connectivity index (χ3n) is 4.86. The van der Waals surface area contributed by atoms with Crippen molar-refractivity contribution in [2.45, 2.75) is 13.1 Å². The summed E-state index contributed by atoms with van der Waals surface area (Å²) < 4.78 is 21.9. The van der Waals surface area contributed by atoms with Crippen LogP contribution in [0, 0.1) is 5.82 Å². The van der Waals surface area contributed by atoms with E-state index in [2.05, 4.69) is 15.4 Å². The highest BCUT2D eigenvalue weighted by molar-refractivity contribution is 5.94. The molecule has 1 amide bonds. The molecule has 31 heavy (non-hydrogen) atoms. The van der Waals surface area contributed by atoms with Gasteiger partial charge in [0, 0.05) is 17.7 Å². The predicted octanol–water partition coefficient (Wildman–Crippen LogP) is 2.22. The molecule has 8 nitrogen and oxygen atoms in total. The van der Waals surface area contributed by atoms with E-state index in [4.69, 9.17) is 4.74 Å². The van der Waals surface area contributed by atoms with Crippen molar-refractivity contribution >= 4 is 16.9 Å². The smallest absolute Gasteiger partial charge is 0.264 e. The van der Waals surface area contributed by atoms with E-state index in [-0.39, 0.29) is 23.8 Å². The normalized spacial score (nSPS) is 10.9. The summed E-state index contributed by atoms with van der Waals surface area (Å²) in [6.07, 6.45) is 2.82. The average molecular weight is 421 g/mol. The molecule has 2 aromatic heterocycles. The van der Waals surface area contributed by atoms with E-state index in [0.29, 0.717) is 41.0 Å². The van der Waals surface area contributed by atoms with Crippen LogP contribution < -0.4 is 15.6 Å². The molecule has 1 N–H and O–H groups in total. The highest BCUT2D eigenvalue weighted by Crippen LogP contribution is 2.12. The molecular weight excluding hydrogens is 401 g/mol. The van der Waals surface area contributed by atoms with Crippen molar-refractivity contribution in [1.82, 2.24) is 24.6 Å². The van der Waals surface area contributed by atoms with Gasteiger partial charge in [0.25, 0.3) is 11.5 Å². The number of hydrogen-bond acceptors (Lipinski definition) is 5. The molecule has 0 aliphatic heterocycles. The predicted molar refractivity (Wildman–Crippen MR) is 113 cm³/mol. The van der Waals surface area contributed by atoms with Gasteiger partial charge in [0.1, 0.15) is 23.3 Å². The summed E-state index contributed by atoms with van der Waals surface area (Å²) in [4.78, 5) is 29.4. The van der Waals surface area contributed by atoms with Crippen LogP contribution in [0.5, 0.6) is 5.75 Å². The fourth-order valence-corrected chi connectivity index (χ4v) is 3.23. The summed E-state index contributed by atoms with van der Waals surface area (Å²) in [5.41, 5.74) is 0.988. The first-order valence-electron chi connectivity index (χ1n) is 9.63. The Balaban J connectivity index is 1.46. The van der Waals surface area contributed by atoms with E-state index in [9.17, 15) is 14.0 Å². The molecule has 0 bridgehead atoms. The monoisotopic (exact) mass is 421 g/mol. The van der Waals surface area contributed by atoms with Crippen molar-refractivity contribution in [3.63, 3.8) is 0 Å². The van der Waals surface area contributed by atoms with Crippen LogP contribution in [-0.2, 0) is 13.1 Å². The van der Waals surface area contributed by atoms with E-state index in [1.165, 1.54) is 30.3 Å². The zero-order chi connectivity index (χ0) is 21.8. The van der Waals surface area contributed by atoms with Gasteiger partial charge >= 0.3 is 0 Å². The number of fused-ring (bicyclic) bond motifs is 1. The van der Waals surface area contributed by atoms with Gasteiger partial charge < -0.3 is 10.1 Å². The van der Waals surface area contributed by atoms with Crippen molar-refractivity contribution in [3.8, 4) is 5.75 Å². The average Bonchev–Trinajstić information content (AvgIpc) is 3.21. The Hall–Kier alpha value is -4.01. The van der Waals surface area contributed by atoms with Crippen molar-refractivity contribution in [3.05, 3.63) is 88.4 Å². The van der Waals surface area contributed by atoms with Crippen LogP contribution in [0.4, 0.5) is 4.39 Å². The largest absolute Gasteiger partial charge is 0.497 e. The molecule has 9 heteroatoms. The number of nitrogens with zero attached hydrogens (tertiary/aromatic N) is 4. The Morgan fingerprint density at radius 2 is 2.03 bits per heavy atom. The summed E-state index contributed by atoms with van der Waals surface area (Å²) in [6.45, 7) is 0.714. The molecule has 0 saturated carbocycles. The van der Waals surface area contributed by atoms with Crippen molar-refractivity contribution in [1.29, 1.82) is 0 Å². The highest BCUT2D eigenvalue weighted by atomic mass is 19.1. The van der Waals surface area contributed by atoms with Gasteiger partial charge in [0.15, 0.2) is 5.65 Å². The minimum absolute atomic E-state index is 0.0796. The number of ether oxygens (including phenoxy) is 1. The topological polar surface area (TPSA) is 91.0 Å². The lowest BCUT2D eigenvalue weighted by atomic mass is 10.2. The van der Waals surface area contributed by atoms with Gasteiger partial charge in [0.05, 0.1) is 26.4 Å². The molecule has 0 saturated heterocycles. The number of carbonyl (C=O) groups excluding carboxylic acids is 1. The van der Waals surface area contributed by atoms with Gasteiger partial charge in [-0.25, -0.2) is 14.1 Å². The number of halogens is 1. The zero-order valence-corrected chi connectivity index (χ0v) is 16.8. The number of rotatable bonds is 7. The zero-order valence-electron chi connectivity index (χ0n) is 16.8. The van der Waals surface area contributed by atoms with Crippen molar-refractivity contribution in [2.24, 2.45) is 0 Å². The molecule has 2 aromatic carbocycles. The van der Waals surface area contributed by atoms with Gasteiger partial charge in [-0.15, -0.1) is 0 Å². The number of benzene rings is 2. The number of carbonyl (C=O) groups is 1. The fourth-order valence-electron chi connectivity index (χ4n) is 3.23. The molecule has 2 heterocycles. The van der Waals surface area contributed by atoms with E-state index in [0.717, 1.165) is 0 Å². The number of methoxy groups -OCH3 is 1. The van der Waals surface area contributed by atoms with Crippen LogP contribution in [0.15, 0.2) is 65.8 Å². The summed E-state index contributed by atoms with van der Waals surface area (Å²) in [7, 11) is 1.54. The molecule has 0 aliphatic rings. The van der Waals surface area contributed by atoms with Gasteiger partial charge in [-0.2, -0.15) is 5.10 Å². The standard InChI is InChI=1S/C22H20FN5O3/c1-31-17-7-4-6-15(11-17)21(29)24-9-10-28-20-18(12-26-28)22(30)27(14-25-20)13-16-5-2-3-8-19(16)23/h2-8,11-12,14H,9-10,13H2,1H3,(H,24,29). The van der Waals surface area contributed by atoms with Crippen LogP contribution in [-0.4, -0.2) is 38.9 Å². The first kappa shape index (κ1) is 20.3. The minimum atomic E-state index is -0.378.